The molecule has 0 aliphatic carbocycles. The average molecular weight is 441 g/mol. The van der Waals surface area contributed by atoms with Gasteiger partial charge in [-0.05, 0) is 42.0 Å². The molecule has 0 fully saturated rings. The third-order valence-electron chi connectivity index (χ3n) is 5.08. The Bertz CT molecular complexity index is 1170. The highest BCUT2D eigenvalue weighted by molar-refractivity contribution is 5.77. The van der Waals surface area contributed by atoms with Gasteiger partial charge in [-0.1, -0.05) is 36.4 Å². The van der Waals surface area contributed by atoms with Crippen molar-refractivity contribution in [2.45, 2.75) is 18.9 Å². The SMILES string of the molecule is O=C(O)[C@H](Cc1ccccn1)Nc1cc(-c2ccc(OCCc3ccccc3)cc2)ncn1. The van der Waals surface area contributed by atoms with Crippen molar-refractivity contribution in [1.82, 2.24) is 15.0 Å². The number of pyridine rings is 1. The number of hydrogen-bond donors (Lipinski definition) is 2. The fourth-order valence-corrected chi connectivity index (χ4v) is 3.35. The van der Waals surface area contributed by atoms with Crippen LogP contribution >= 0.6 is 0 Å². The Morgan fingerprint density at radius 2 is 1.73 bits per heavy atom. The van der Waals surface area contributed by atoms with Crippen LogP contribution in [0, 0.1) is 0 Å². The molecule has 4 aromatic rings. The van der Waals surface area contributed by atoms with Crippen molar-refractivity contribution < 1.29 is 14.6 Å². The van der Waals surface area contributed by atoms with Crippen molar-refractivity contribution in [2.24, 2.45) is 0 Å². The summed E-state index contributed by atoms with van der Waals surface area (Å²) in [5.41, 5.74) is 3.49. The van der Waals surface area contributed by atoms with Gasteiger partial charge in [-0.25, -0.2) is 14.8 Å². The van der Waals surface area contributed by atoms with Crippen molar-refractivity contribution in [3.63, 3.8) is 0 Å². The Morgan fingerprint density at radius 1 is 0.939 bits per heavy atom. The van der Waals surface area contributed by atoms with E-state index in [1.165, 1.54) is 11.9 Å². The van der Waals surface area contributed by atoms with Crippen molar-refractivity contribution in [1.29, 1.82) is 0 Å². The lowest BCUT2D eigenvalue weighted by molar-refractivity contribution is -0.137. The van der Waals surface area contributed by atoms with Crippen molar-refractivity contribution >= 4 is 11.8 Å². The van der Waals surface area contributed by atoms with Gasteiger partial charge in [-0.2, -0.15) is 0 Å². The number of carbonyl (C=O) groups is 1. The highest BCUT2D eigenvalue weighted by Gasteiger charge is 2.19. The van der Waals surface area contributed by atoms with Crippen molar-refractivity contribution in [3.8, 4) is 17.0 Å². The van der Waals surface area contributed by atoms with E-state index in [0.29, 0.717) is 23.8 Å². The maximum atomic E-state index is 11.7. The van der Waals surface area contributed by atoms with Gasteiger partial charge in [-0.3, -0.25) is 4.98 Å². The monoisotopic (exact) mass is 440 g/mol. The Labute approximate surface area is 192 Å². The van der Waals surface area contributed by atoms with Crippen LogP contribution in [0.1, 0.15) is 11.3 Å². The molecule has 0 saturated carbocycles. The van der Waals surface area contributed by atoms with E-state index in [9.17, 15) is 9.90 Å². The van der Waals surface area contributed by atoms with Gasteiger partial charge in [0.1, 0.15) is 23.9 Å². The molecule has 33 heavy (non-hydrogen) atoms. The number of nitrogens with zero attached hydrogens (tertiary/aromatic N) is 3. The molecule has 0 unspecified atom stereocenters. The Morgan fingerprint density at radius 3 is 2.45 bits per heavy atom. The second-order valence-electron chi connectivity index (χ2n) is 7.46. The number of ether oxygens (including phenoxy) is 1. The van der Waals surface area contributed by atoms with E-state index in [1.807, 2.05) is 48.5 Å². The summed E-state index contributed by atoms with van der Waals surface area (Å²) >= 11 is 0. The smallest absolute Gasteiger partial charge is 0.326 e. The van der Waals surface area contributed by atoms with Crippen molar-refractivity contribution in [3.05, 3.63) is 103 Å². The van der Waals surface area contributed by atoms with E-state index in [4.69, 9.17) is 4.74 Å². The first kappa shape index (κ1) is 22.0. The molecule has 7 heteroatoms. The van der Waals surface area contributed by atoms with E-state index in [2.05, 4.69) is 32.4 Å². The summed E-state index contributed by atoms with van der Waals surface area (Å²) in [6.45, 7) is 0.595. The zero-order valence-corrected chi connectivity index (χ0v) is 18.0. The van der Waals surface area contributed by atoms with E-state index in [1.54, 1.807) is 24.4 Å². The van der Waals surface area contributed by atoms with Gasteiger partial charge in [0.15, 0.2) is 0 Å². The van der Waals surface area contributed by atoms with Gasteiger partial charge in [-0.15, -0.1) is 0 Å². The number of carboxylic acids is 1. The minimum atomic E-state index is -0.974. The molecule has 0 aliphatic heterocycles. The van der Waals surface area contributed by atoms with Gasteiger partial charge in [0.25, 0.3) is 0 Å². The first-order chi connectivity index (χ1) is 16.2. The molecule has 1 atom stereocenters. The van der Waals surface area contributed by atoms with Crippen molar-refractivity contribution in [2.75, 3.05) is 11.9 Å². The number of carboxylic acid groups (broad SMARTS) is 1. The van der Waals surface area contributed by atoms with Crippen LogP contribution in [0.15, 0.2) is 91.4 Å². The summed E-state index contributed by atoms with van der Waals surface area (Å²) in [6, 6.07) is 24.2. The molecular formula is C26H24N4O3. The lowest BCUT2D eigenvalue weighted by Crippen LogP contribution is -2.32. The Hall–Kier alpha value is -4.26. The van der Waals surface area contributed by atoms with Gasteiger partial charge in [0, 0.05) is 36.4 Å². The first-order valence-corrected chi connectivity index (χ1v) is 10.7. The van der Waals surface area contributed by atoms with Gasteiger partial charge >= 0.3 is 5.97 Å². The highest BCUT2D eigenvalue weighted by atomic mass is 16.5. The molecule has 2 N–H and O–H groups in total. The van der Waals surface area contributed by atoms with Crippen LogP contribution in [0.4, 0.5) is 5.82 Å². The molecule has 2 aromatic heterocycles. The van der Waals surface area contributed by atoms with E-state index >= 15 is 0 Å². The van der Waals surface area contributed by atoms with Crippen LogP contribution in [0.3, 0.4) is 0 Å². The standard InChI is InChI=1S/C26H24N4O3/c31-26(32)24(16-21-8-4-5-14-27-21)30-25-17-23(28-18-29-25)20-9-11-22(12-10-20)33-15-13-19-6-2-1-3-7-19/h1-12,14,17-18,24H,13,15-16H2,(H,31,32)(H,28,29,30)/t24-/m0/s1. The maximum absolute atomic E-state index is 11.7. The molecule has 0 amide bonds. The summed E-state index contributed by atoms with van der Waals surface area (Å²) in [5.74, 6) is 0.243. The van der Waals surface area contributed by atoms with Crippen LogP contribution in [0.25, 0.3) is 11.3 Å². The largest absolute Gasteiger partial charge is 0.493 e. The van der Waals surface area contributed by atoms with Crippen LogP contribution in [0.5, 0.6) is 5.75 Å². The number of rotatable bonds is 10. The summed E-state index contributed by atoms with van der Waals surface area (Å²) in [7, 11) is 0. The van der Waals surface area contributed by atoms with E-state index in [0.717, 1.165) is 17.7 Å². The number of anilines is 1. The molecule has 0 aliphatic rings. The zero-order chi connectivity index (χ0) is 22.9. The summed E-state index contributed by atoms with van der Waals surface area (Å²) < 4.78 is 5.84. The lowest BCUT2D eigenvalue weighted by atomic mass is 10.1. The molecule has 7 nitrogen and oxygen atoms in total. The molecule has 0 spiro atoms. The summed E-state index contributed by atoms with van der Waals surface area (Å²) in [5, 5.41) is 12.6. The topological polar surface area (TPSA) is 97.2 Å². The predicted octanol–water partition coefficient (Wildman–Crippen LogP) is 4.27. The number of aliphatic carboxylic acids is 1. The third-order valence-corrected chi connectivity index (χ3v) is 5.08. The first-order valence-electron chi connectivity index (χ1n) is 10.7. The minimum Gasteiger partial charge on any atom is -0.493 e. The number of hydrogen-bond acceptors (Lipinski definition) is 6. The zero-order valence-electron chi connectivity index (χ0n) is 18.0. The lowest BCUT2D eigenvalue weighted by Gasteiger charge is -2.15. The third kappa shape index (κ3) is 6.36. The fourth-order valence-electron chi connectivity index (χ4n) is 3.35. The van der Waals surface area contributed by atoms with Gasteiger partial charge in [0.05, 0.1) is 12.3 Å². The quantitative estimate of drug-likeness (QED) is 0.380. The molecule has 2 heterocycles. The second-order valence-corrected chi connectivity index (χ2v) is 7.46. The Kier molecular flexibility index (Phi) is 7.22. The summed E-state index contributed by atoms with van der Waals surface area (Å²) in [6.07, 6.45) is 4.14. The normalized spacial score (nSPS) is 11.5. The highest BCUT2D eigenvalue weighted by Crippen LogP contribution is 2.22. The number of nitrogens with one attached hydrogen (secondary N) is 1. The molecule has 2 aromatic carbocycles. The number of aromatic nitrogens is 3. The molecular weight excluding hydrogens is 416 g/mol. The fraction of sp³-hybridized carbons (Fsp3) is 0.154. The van der Waals surface area contributed by atoms with Crippen LogP contribution < -0.4 is 10.1 Å². The second kappa shape index (κ2) is 10.9. The summed E-state index contributed by atoms with van der Waals surface area (Å²) in [4.78, 5) is 24.4. The maximum Gasteiger partial charge on any atom is 0.326 e. The number of benzene rings is 2. The molecule has 0 bridgehead atoms. The molecule has 166 valence electrons. The van der Waals surface area contributed by atoms with Gasteiger partial charge < -0.3 is 15.2 Å². The average Bonchev–Trinajstić information content (AvgIpc) is 2.85. The van der Waals surface area contributed by atoms with Crippen LogP contribution in [0.2, 0.25) is 0 Å². The molecule has 0 radical (unpaired) electrons. The van der Waals surface area contributed by atoms with Gasteiger partial charge in [0.2, 0.25) is 0 Å². The van der Waals surface area contributed by atoms with Crippen LogP contribution in [-0.4, -0.2) is 38.7 Å². The molecule has 4 rings (SSSR count). The predicted molar refractivity (Wildman–Crippen MR) is 126 cm³/mol. The Balaban J connectivity index is 1.38. The minimum absolute atomic E-state index is 0.241. The van der Waals surface area contributed by atoms with E-state index in [-0.39, 0.29) is 6.42 Å². The van der Waals surface area contributed by atoms with Crippen LogP contribution in [-0.2, 0) is 17.6 Å². The van der Waals surface area contributed by atoms with E-state index < -0.39 is 12.0 Å². The molecule has 0 saturated heterocycles.